The minimum absolute atomic E-state index is 0.0678. The predicted octanol–water partition coefficient (Wildman–Crippen LogP) is 4.28. The van der Waals surface area contributed by atoms with Crippen molar-refractivity contribution in [1.82, 2.24) is 15.5 Å². The van der Waals surface area contributed by atoms with E-state index in [2.05, 4.69) is 15.6 Å². The molecular weight excluding hydrogens is 496 g/mol. The summed E-state index contributed by atoms with van der Waals surface area (Å²) in [6, 6.07) is 7.32. The lowest BCUT2D eigenvalue weighted by atomic mass is 10.2. The number of hydrogen-bond donors (Lipinski definition) is 3. The Hall–Kier alpha value is -3.83. The third-order valence-electron chi connectivity index (χ3n) is 4.08. The lowest BCUT2D eigenvalue weighted by molar-refractivity contribution is -0.139. The van der Waals surface area contributed by atoms with Crippen molar-refractivity contribution in [1.29, 1.82) is 0 Å². The molecule has 12 nitrogen and oxygen atoms in total. The molecule has 3 amide bonds. The largest absolute Gasteiger partial charge is 0.480 e. The summed E-state index contributed by atoms with van der Waals surface area (Å²) in [5, 5.41) is 14.3. The van der Waals surface area contributed by atoms with Gasteiger partial charge in [0.15, 0.2) is 0 Å². The molecule has 0 fully saturated rings. The van der Waals surface area contributed by atoms with Crippen LogP contribution in [0, 0.1) is 0 Å². The van der Waals surface area contributed by atoms with E-state index in [1.165, 1.54) is 0 Å². The zero-order chi connectivity index (χ0) is 29.3. The van der Waals surface area contributed by atoms with E-state index in [0.717, 1.165) is 4.90 Å². The van der Waals surface area contributed by atoms with Crippen LogP contribution in [0.25, 0.3) is 0 Å². The maximum Gasteiger partial charge on any atom is 0.417 e. The number of amides is 3. The summed E-state index contributed by atoms with van der Waals surface area (Å²) in [5.41, 5.74) is -1.93. The molecule has 0 heterocycles. The smallest absolute Gasteiger partial charge is 0.417 e. The average molecular weight is 537 g/mol. The van der Waals surface area contributed by atoms with Crippen molar-refractivity contribution < 1.29 is 38.5 Å². The number of ether oxygens (including phenoxy) is 3. The second kappa shape index (κ2) is 13.1. The molecule has 0 aliphatic carbocycles. The number of nitrogens with one attached hydrogen (secondary N) is 2. The fraction of sp³-hybridized carbons (Fsp3) is 0.577. The summed E-state index contributed by atoms with van der Waals surface area (Å²) in [6.07, 6.45) is -2.73. The van der Waals surface area contributed by atoms with Crippen LogP contribution >= 0.6 is 0 Å². The maximum absolute atomic E-state index is 13.2. The molecule has 212 valence electrons. The monoisotopic (exact) mass is 536 g/mol. The van der Waals surface area contributed by atoms with Crippen LogP contribution in [0.4, 0.5) is 14.4 Å². The van der Waals surface area contributed by atoms with Crippen molar-refractivity contribution in [2.75, 3.05) is 6.54 Å². The maximum atomic E-state index is 13.2. The number of carboxylic acid groups (broad SMARTS) is 1. The van der Waals surface area contributed by atoms with Gasteiger partial charge in [0, 0.05) is 0 Å². The number of hydrogen-bond acceptors (Lipinski definition) is 8. The normalized spacial score (nSPS) is 13.1. The Kier molecular flexibility index (Phi) is 11.1. The minimum Gasteiger partial charge on any atom is -0.480 e. The Morgan fingerprint density at radius 1 is 0.842 bits per heavy atom. The highest BCUT2D eigenvalue weighted by Gasteiger charge is 2.30. The molecule has 1 unspecified atom stereocenters. The van der Waals surface area contributed by atoms with E-state index >= 15 is 0 Å². The van der Waals surface area contributed by atoms with Crippen molar-refractivity contribution in [3.63, 3.8) is 0 Å². The highest BCUT2D eigenvalue weighted by Crippen LogP contribution is 2.14. The molecule has 3 N–H and O–H groups in total. The zero-order valence-electron chi connectivity index (χ0n) is 23.6. The SMILES string of the molecule is CC(C)(C)OC(=O)NC(=NCC(NC(=O)OC(C)(C)C)C(=O)O)N(Cc1ccccc1)C(=O)OC(C)(C)C. The quantitative estimate of drug-likeness (QED) is 0.276. The van der Waals surface area contributed by atoms with Crippen molar-refractivity contribution in [2.24, 2.45) is 4.99 Å². The molecule has 1 aromatic carbocycles. The molecule has 0 saturated heterocycles. The van der Waals surface area contributed by atoms with Gasteiger partial charge in [0.25, 0.3) is 0 Å². The Labute approximate surface area is 223 Å². The average Bonchev–Trinajstić information content (AvgIpc) is 2.70. The molecule has 0 aromatic heterocycles. The van der Waals surface area contributed by atoms with Crippen LogP contribution in [0.3, 0.4) is 0 Å². The van der Waals surface area contributed by atoms with Gasteiger partial charge in [-0.15, -0.1) is 0 Å². The van der Waals surface area contributed by atoms with Gasteiger partial charge in [-0.05, 0) is 67.9 Å². The van der Waals surface area contributed by atoms with Gasteiger partial charge in [0.05, 0.1) is 13.1 Å². The van der Waals surface area contributed by atoms with Gasteiger partial charge in [0.2, 0.25) is 5.96 Å². The standard InChI is InChI=1S/C26H40N4O8/c1-24(2,3)36-21(33)28-18(19(31)32)15-27-20(29-22(34)37-25(4,5)6)30(23(35)38-26(7,8)9)16-17-13-11-10-12-14-17/h10-14,18H,15-16H2,1-9H3,(H,28,33)(H,31,32)(H,27,29,34). The molecular formula is C26H40N4O8. The fourth-order valence-corrected chi connectivity index (χ4v) is 2.71. The number of guanidine groups is 1. The van der Waals surface area contributed by atoms with E-state index in [0.29, 0.717) is 5.56 Å². The molecule has 0 aliphatic heterocycles. The molecule has 0 bridgehead atoms. The van der Waals surface area contributed by atoms with E-state index in [-0.39, 0.29) is 12.5 Å². The number of alkyl carbamates (subject to hydrolysis) is 2. The van der Waals surface area contributed by atoms with Crippen molar-refractivity contribution in [3.05, 3.63) is 35.9 Å². The Bertz CT molecular complexity index is 1000. The molecule has 0 spiro atoms. The van der Waals surface area contributed by atoms with E-state index in [4.69, 9.17) is 14.2 Å². The first-order valence-corrected chi connectivity index (χ1v) is 12.1. The Balaban J connectivity index is 3.43. The molecule has 1 atom stereocenters. The lowest BCUT2D eigenvalue weighted by Crippen LogP contribution is -2.51. The van der Waals surface area contributed by atoms with Gasteiger partial charge >= 0.3 is 24.2 Å². The van der Waals surface area contributed by atoms with Crippen LogP contribution in [0.2, 0.25) is 0 Å². The summed E-state index contributed by atoms with van der Waals surface area (Å²) in [4.78, 5) is 55.1. The number of carboxylic acids is 1. The van der Waals surface area contributed by atoms with Crippen molar-refractivity contribution in [2.45, 2.75) is 91.7 Å². The second-order valence-corrected chi connectivity index (χ2v) is 11.4. The summed E-state index contributed by atoms with van der Waals surface area (Å²) in [7, 11) is 0. The Morgan fingerprint density at radius 2 is 1.34 bits per heavy atom. The molecule has 38 heavy (non-hydrogen) atoms. The van der Waals surface area contributed by atoms with Gasteiger partial charge in [-0.1, -0.05) is 30.3 Å². The van der Waals surface area contributed by atoms with E-state index in [1.807, 2.05) is 0 Å². The summed E-state index contributed by atoms with van der Waals surface area (Å²) >= 11 is 0. The molecule has 1 aromatic rings. The Morgan fingerprint density at radius 3 is 1.82 bits per heavy atom. The van der Waals surface area contributed by atoms with Gasteiger partial charge in [0.1, 0.15) is 22.8 Å². The first-order chi connectivity index (χ1) is 17.3. The van der Waals surface area contributed by atoms with E-state index in [9.17, 15) is 24.3 Å². The highest BCUT2D eigenvalue weighted by atomic mass is 16.6. The van der Waals surface area contributed by atoms with Crippen LogP contribution in [0.5, 0.6) is 0 Å². The van der Waals surface area contributed by atoms with Crippen LogP contribution < -0.4 is 10.6 Å². The first kappa shape index (κ1) is 32.2. The number of carbonyl (C=O) groups is 4. The number of aliphatic carboxylic acids is 1. The topological polar surface area (TPSA) is 156 Å². The number of nitrogens with zero attached hydrogens (tertiary/aromatic N) is 2. The summed E-state index contributed by atoms with van der Waals surface area (Å²) < 4.78 is 16.0. The molecule has 12 heteroatoms. The van der Waals surface area contributed by atoms with Gasteiger partial charge in [-0.3, -0.25) is 5.32 Å². The third-order valence-corrected chi connectivity index (χ3v) is 4.08. The van der Waals surface area contributed by atoms with Crippen LogP contribution in [0.15, 0.2) is 35.3 Å². The molecule has 0 radical (unpaired) electrons. The zero-order valence-corrected chi connectivity index (χ0v) is 23.6. The minimum atomic E-state index is -1.53. The van der Waals surface area contributed by atoms with Crippen LogP contribution in [0.1, 0.15) is 67.9 Å². The van der Waals surface area contributed by atoms with Gasteiger partial charge < -0.3 is 24.6 Å². The third kappa shape index (κ3) is 13.5. The molecule has 0 saturated carbocycles. The van der Waals surface area contributed by atoms with Gasteiger partial charge in [-0.25, -0.2) is 29.1 Å². The number of rotatable bonds is 6. The van der Waals surface area contributed by atoms with Crippen LogP contribution in [-0.2, 0) is 25.5 Å². The fourth-order valence-electron chi connectivity index (χ4n) is 2.71. The predicted molar refractivity (Wildman–Crippen MR) is 141 cm³/mol. The van der Waals surface area contributed by atoms with Gasteiger partial charge in [-0.2, -0.15) is 0 Å². The van der Waals surface area contributed by atoms with E-state index in [1.54, 1.807) is 92.6 Å². The molecule has 1 rings (SSSR count). The number of benzene rings is 1. The molecule has 0 aliphatic rings. The number of aliphatic imine (C=N–C) groups is 1. The summed E-state index contributed by atoms with van der Waals surface area (Å²) in [5.74, 6) is -1.72. The second-order valence-electron chi connectivity index (χ2n) is 11.4. The summed E-state index contributed by atoms with van der Waals surface area (Å²) in [6.45, 7) is 14.3. The number of carbonyl (C=O) groups excluding carboxylic acids is 3. The van der Waals surface area contributed by atoms with Crippen molar-refractivity contribution in [3.8, 4) is 0 Å². The lowest BCUT2D eigenvalue weighted by Gasteiger charge is -2.29. The van der Waals surface area contributed by atoms with Crippen molar-refractivity contribution >= 4 is 30.2 Å². The first-order valence-electron chi connectivity index (χ1n) is 12.1. The van der Waals surface area contributed by atoms with E-state index < -0.39 is 53.6 Å². The van der Waals surface area contributed by atoms with Crippen LogP contribution in [-0.4, -0.2) is 69.6 Å². The highest BCUT2D eigenvalue weighted by molar-refractivity contribution is 6.01.